The summed E-state index contributed by atoms with van der Waals surface area (Å²) in [7, 11) is -5.34. The standard InChI is InChI=1S/C14H21NO5S2/c1-3-9-15(12-8-10-21(16,17)11-12)22(18,19)14-6-4-13(20-2)5-7-14/h4-7,12H,3,8-11H2,1-2H3/t12-/m0/s1. The molecule has 0 aromatic heterocycles. The molecule has 8 heteroatoms. The summed E-state index contributed by atoms with van der Waals surface area (Å²) in [5.74, 6) is 0.530. The number of sulfone groups is 1. The number of benzene rings is 1. The van der Waals surface area contributed by atoms with Gasteiger partial charge in [0.15, 0.2) is 9.84 Å². The largest absolute Gasteiger partial charge is 0.497 e. The van der Waals surface area contributed by atoms with Crippen molar-refractivity contribution in [1.82, 2.24) is 4.31 Å². The Bertz CT molecular complexity index is 710. The monoisotopic (exact) mass is 347 g/mol. The second kappa shape index (κ2) is 6.55. The van der Waals surface area contributed by atoms with Gasteiger partial charge in [-0.2, -0.15) is 4.31 Å². The van der Waals surface area contributed by atoms with Gasteiger partial charge in [-0.3, -0.25) is 0 Å². The van der Waals surface area contributed by atoms with Crippen LogP contribution in [0.5, 0.6) is 5.75 Å². The van der Waals surface area contributed by atoms with Gasteiger partial charge in [0.2, 0.25) is 10.0 Å². The van der Waals surface area contributed by atoms with Gasteiger partial charge < -0.3 is 4.74 Å². The van der Waals surface area contributed by atoms with Gasteiger partial charge in [0.05, 0.1) is 23.5 Å². The fourth-order valence-electron chi connectivity index (χ4n) is 2.60. The number of methoxy groups -OCH3 is 1. The molecular formula is C14H21NO5S2. The highest BCUT2D eigenvalue weighted by Gasteiger charge is 2.38. The summed E-state index contributed by atoms with van der Waals surface area (Å²) in [4.78, 5) is 0.158. The van der Waals surface area contributed by atoms with Crippen LogP contribution < -0.4 is 4.74 Å². The Labute approximate surface area is 132 Å². The second-order valence-corrected chi connectivity index (χ2v) is 9.47. The average molecular weight is 347 g/mol. The van der Waals surface area contributed by atoms with Crippen molar-refractivity contribution < 1.29 is 21.6 Å². The molecule has 0 aliphatic carbocycles. The summed E-state index contributed by atoms with van der Waals surface area (Å²) in [6, 6.07) is 5.67. The van der Waals surface area contributed by atoms with E-state index in [1.165, 1.54) is 23.5 Å². The van der Waals surface area contributed by atoms with Crippen molar-refractivity contribution in [3.8, 4) is 5.75 Å². The van der Waals surface area contributed by atoms with Crippen LogP contribution in [0.1, 0.15) is 19.8 Å². The van der Waals surface area contributed by atoms with Gasteiger partial charge in [0.25, 0.3) is 0 Å². The lowest BCUT2D eigenvalue weighted by Crippen LogP contribution is -2.41. The van der Waals surface area contributed by atoms with Gasteiger partial charge in [-0.1, -0.05) is 6.92 Å². The maximum atomic E-state index is 12.8. The lowest BCUT2D eigenvalue weighted by molar-refractivity contribution is 0.340. The smallest absolute Gasteiger partial charge is 0.243 e. The quantitative estimate of drug-likeness (QED) is 0.774. The molecule has 0 spiro atoms. The molecule has 0 bridgehead atoms. The van der Waals surface area contributed by atoms with E-state index >= 15 is 0 Å². The van der Waals surface area contributed by atoms with Crippen LogP contribution >= 0.6 is 0 Å². The number of hydrogen-bond donors (Lipinski definition) is 0. The zero-order valence-corrected chi connectivity index (χ0v) is 14.4. The zero-order chi connectivity index (χ0) is 16.4. The summed E-state index contributed by atoms with van der Waals surface area (Å²) in [6.07, 6.45) is 0.990. The molecule has 1 aliphatic heterocycles. The van der Waals surface area contributed by atoms with E-state index in [2.05, 4.69) is 0 Å². The molecule has 1 fully saturated rings. The predicted molar refractivity (Wildman–Crippen MR) is 84.2 cm³/mol. The Morgan fingerprint density at radius 2 is 1.91 bits per heavy atom. The van der Waals surface area contributed by atoms with Gasteiger partial charge in [-0.05, 0) is 37.1 Å². The lowest BCUT2D eigenvalue weighted by atomic mass is 10.2. The first-order chi connectivity index (χ1) is 10.3. The molecule has 1 atom stereocenters. The fraction of sp³-hybridized carbons (Fsp3) is 0.571. The Kier molecular flexibility index (Phi) is 5.14. The molecule has 6 nitrogen and oxygen atoms in total. The van der Waals surface area contributed by atoms with Crippen molar-refractivity contribution in [3.05, 3.63) is 24.3 Å². The van der Waals surface area contributed by atoms with E-state index in [1.807, 2.05) is 6.92 Å². The minimum absolute atomic E-state index is 0.0516. The summed E-state index contributed by atoms with van der Waals surface area (Å²) in [5.41, 5.74) is 0. The van der Waals surface area contributed by atoms with Crippen LogP contribution in [0.25, 0.3) is 0 Å². The number of rotatable bonds is 6. The van der Waals surface area contributed by atoms with Crippen LogP contribution in [-0.2, 0) is 19.9 Å². The first kappa shape index (κ1) is 17.2. The predicted octanol–water partition coefficient (Wildman–Crippen LogP) is 1.28. The number of sulfonamides is 1. The van der Waals surface area contributed by atoms with Crippen LogP contribution in [0.3, 0.4) is 0 Å². The van der Waals surface area contributed by atoms with Crippen LogP contribution in [0.15, 0.2) is 29.2 Å². The summed E-state index contributed by atoms with van der Waals surface area (Å²) in [6.45, 7) is 2.19. The number of hydrogen-bond acceptors (Lipinski definition) is 5. The molecule has 0 amide bonds. The summed E-state index contributed by atoms with van der Waals surface area (Å²) < 4.78 is 55.3. The van der Waals surface area contributed by atoms with Gasteiger partial charge in [-0.15, -0.1) is 0 Å². The van der Waals surface area contributed by atoms with Gasteiger partial charge in [-0.25, -0.2) is 16.8 Å². The first-order valence-corrected chi connectivity index (χ1v) is 10.4. The molecule has 0 N–H and O–H groups in total. The normalized spacial score (nSPS) is 21.1. The Morgan fingerprint density at radius 3 is 2.36 bits per heavy atom. The molecule has 0 radical (unpaired) electrons. The van der Waals surface area contributed by atoms with Crippen molar-refractivity contribution in [3.63, 3.8) is 0 Å². The minimum atomic E-state index is -3.71. The first-order valence-electron chi connectivity index (χ1n) is 7.16. The molecule has 22 heavy (non-hydrogen) atoms. The van der Waals surface area contributed by atoms with E-state index in [-0.39, 0.29) is 16.4 Å². The SMILES string of the molecule is CCCN([C@H]1CCS(=O)(=O)C1)S(=O)(=O)c1ccc(OC)cc1. The van der Waals surface area contributed by atoms with Crippen LogP contribution in [-0.4, -0.2) is 52.3 Å². The molecule has 2 rings (SSSR count). The van der Waals surface area contributed by atoms with E-state index < -0.39 is 25.9 Å². The molecule has 1 aliphatic rings. The van der Waals surface area contributed by atoms with Gasteiger partial charge >= 0.3 is 0 Å². The molecule has 1 aromatic rings. The van der Waals surface area contributed by atoms with Crippen molar-refractivity contribution in [2.75, 3.05) is 25.2 Å². The van der Waals surface area contributed by atoms with Crippen LogP contribution in [0, 0.1) is 0 Å². The van der Waals surface area contributed by atoms with Crippen molar-refractivity contribution >= 4 is 19.9 Å². The molecule has 1 heterocycles. The Balaban J connectivity index is 2.33. The van der Waals surface area contributed by atoms with E-state index in [9.17, 15) is 16.8 Å². The molecule has 0 saturated carbocycles. The van der Waals surface area contributed by atoms with E-state index in [0.29, 0.717) is 25.1 Å². The highest BCUT2D eigenvalue weighted by Crippen LogP contribution is 2.26. The summed E-state index contributed by atoms with van der Waals surface area (Å²) >= 11 is 0. The highest BCUT2D eigenvalue weighted by atomic mass is 32.2. The molecular weight excluding hydrogens is 326 g/mol. The van der Waals surface area contributed by atoms with Gasteiger partial charge in [0.1, 0.15) is 5.75 Å². The maximum absolute atomic E-state index is 12.8. The molecule has 1 aromatic carbocycles. The van der Waals surface area contributed by atoms with E-state index in [0.717, 1.165) is 0 Å². The molecule has 1 saturated heterocycles. The third kappa shape index (κ3) is 3.61. The molecule has 0 unspecified atom stereocenters. The lowest BCUT2D eigenvalue weighted by Gasteiger charge is -2.27. The third-order valence-electron chi connectivity index (χ3n) is 3.73. The fourth-order valence-corrected chi connectivity index (χ4v) is 6.18. The summed E-state index contributed by atoms with van der Waals surface area (Å²) in [5, 5.41) is 0. The number of nitrogens with zero attached hydrogens (tertiary/aromatic N) is 1. The van der Waals surface area contributed by atoms with E-state index in [1.54, 1.807) is 12.1 Å². The zero-order valence-electron chi connectivity index (χ0n) is 12.7. The van der Waals surface area contributed by atoms with Crippen molar-refractivity contribution in [1.29, 1.82) is 0 Å². The van der Waals surface area contributed by atoms with Crippen molar-refractivity contribution in [2.24, 2.45) is 0 Å². The maximum Gasteiger partial charge on any atom is 0.243 e. The third-order valence-corrected chi connectivity index (χ3v) is 7.44. The van der Waals surface area contributed by atoms with Crippen LogP contribution in [0.2, 0.25) is 0 Å². The molecule has 124 valence electrons. The minimum Gasteiger partial charge on any atom is -0.497 e. The van der Waals surface area contributed by atoms with Crippen molar-refractivity contribution in [2.45, 2.75) is 30.7 Å². The number of ether oxygens (including phenoxy) is 1. The Hall–Kier alpha value is -1.12. The Morgan fingerprint density at radius 1 is 1.27 bits per heavy atom. The van der Waals surface area contributed by atoms with Crippen LogP contribution in [0.4, 0.5) is 0 Å². The highest BCUT2D eigenvalue weighted by molar-refractivity contribution is 7.92. The average Bonchev–Trinajstić information content (AvgIpc) is 2.84. The second-order valence-electron chi connectivity index (χ2n) is 5.35. The topological polar surface area (TPSA) is 80.8 Å². The van der Waals surface area contributed by atoms with E-state index in [4.69, 9.17) is 4.74 Å². The van der Waals surface area contributed by atoms with Gasteiger partial charge in [0, 0.05) is 12.6 Å².